The van der Waals surface area contributed by atoms with E-state index in [0.717, 1.165) is 17.5 Å². The Morgan fingerprint density at radius 3 is 2.90 bits per heavy atom. The number of benzene rings is 1. The Morgan fingerprint density at radius 1 is 1.20 bits per heavy atom. The van der Waals surface area contributed by atoms with E-state index in [1.165, 1.54) is 11.8 Å². The van der Waals surface area contributed by atoms with Crippen LogP contribution in [-0.4, -0.2) is 36.3 Å². The van der Waals surface area contributed by atoms with Gasteiger partial charge in [0.2, 0.25) is 0 Å². The lowest BCUT2D eigenvalue weighted by Gasteiger charge is -2.20. The zero-order valence-electron chi connectivity index (χ0n) is 10.4. The van der Waals surface area contributed by atoms with Gasteiger partial charge in [-0.25, -0.2) is 4.99 Å². The third-order valence-corrected chi connectivity index (χ3v) is 3.61. The van der Waals surface area contributed by atoms with Crippen LogP contribution in [0.4, 0.5) is 0 Å². The molecule has 1 amide bonds. The van der Waals surface area contributed by atoms with Gasteiger partial charge in [0.05, 0.1) is 6.21 Å². The van der Waals surface area contributed by atoms with Gasteiger partial charge >= 0.3 is 5.91 Å². The fraction of sp³-hybridized carbons (Fsp3) is 0.231. The molecule has 2 aliphatic rings. The number of Topliss-reactive ketones (excluding diaryl/α,β-unsaturated/α-hetero) is 1. The van der Waals surface area contributed by atoms with E-state index < -0.39 is 11.7 Å². The summed E-state index contributed by atoms with van der Waals surface area (Å²) in [6, 6.07) is 5.64. The Kier molecular flexibility index (Phi) is 3.51. The number of hydrogen-bond donors (Lipinski definition) is 0. The lowest BCUT2D eigenvalue weighted by Crippen LogP contribution is -2.19. The van der Waals surface area contributed by atoms with E-state index in [-0.39, 0.29) is 5.17 Å². The molecule has 2 aliphatic heterocycles. The number of fused-ring (bicyclic) bond motifs is 1. The van der Waals surface area contributed by atoms with E-state index in [1.54, 1.807) is 0 Å². The smallest absolute Gasteiger partial charge is 0.321 e. The summed E-state index contributed by atoms with van der Waals surface area (Å²) in [4.78, 5) is 29.6. The molecule has 0 spiro atoms. The molecule has 6 nitrogen and oxygen atoms in total. The molecule has 1 aromatic carbocycles. The lowest BCUT2D eigenvalue weighted by molar-refractivity contribution is -0.131. The molecule has 0 bridgehead atoms. The first-order valence-corrected chi connectivity index (χ1v) is 6.94. The Labute approximate surface area is 118 Å². The summed E-state index contributed by atoms with van der Waals surface area (Å²) < 4.78 is 11.1. The summed E-state index contributed by atoms with van der Waals surface area (Å²) in [5, 5.41) is 0.281. The molecule has 2 heterocycles. The Bertz CT molecular complexity index is 639. The maximum Gasteiger partial charge on any atom is 0.321 e. The number of ketones is 1. The van der Waals surface area contributed by atoms with Crippen LogP contribution in [0.15, 0.2) is 28.2 Å². The second-order valence-corrected chi connectivity index (χ2v) is 4.99. The fourth-order valence-electron chi connectivity index (χ4n) is 1.80. The van der Waals surface area contributed by atoms with Crippen molar-refractivity contribution in [3.63, 3.8) is 0 Å². The van der Waals surface area contributed by atoms with Crippen molar-refractivity contribution in [1.29, 1.82) is 0 Å². The summed E-state index contributed by atoms with van der Waals surface area (Å²) in [7, 11) is 0. The normalized spacial score (nSPS) is 17.1. The van der Waals surface area contributed by atoms with Gasteiger partial charge in [-0.3, -0.25) is 9.59 Å². The van der Waals surface area contributed by atoms with Crippen molar-refractivity contribution in [3.8, 4) is 11.5 Å². The lowest BCUT2D eigenvalue weighted by atomic mass is 10.2. The van der Waals surface area contributed by atoms with E-state index >= 15 is 0 Å². The predicted molar refractivity (Wildman–Crippen MR) is 74.7 cm³/mol. The van der Waals surface area contributed by atoms with Crippen LogP contribution in [0, 0.1) is 0 Å². The van der Waals surface area contributed by atoms with Crippen LogP contribution in [0.2, 0.25) is 0 Å². The van der Waals surface area contributed by atoms with E-state index in [4.69, 9.17) is 9.47 Å². The minimum atomic E-state index is -0.780. The highest BCUT2D eigenvalue weighted by Crippen LogP contribution is 2.35. The number of hydrogen-bond acceptors (Lipinski definition) is 6. The van der Waals surface area contributed by atoms with Crippen LogP contribution < -0.4 is 9.47 Å². The van der Waals surface area contributed by atoms with Gasteiger partial charge in [-0.05, 0) is 6.07 Å². The number of ether oxygens (including phenoxy) is 2. The zero-order valence-corrected chi connectivity index (χ0v) is 11.2. The molecule has 0 unspecified atom stereocenters. The quantitative estimate of drug-likeness (QED) is 0.765. The highest BCUT2D eigenvalue weighted by Gasteiger charge is 2.19. The van der Waals surface area contributed by atoms with Crippen LogP contribution >= 0.6 is 11.8 Å². The van der Waals surface area contributed by atoms with Crippen LogP contribution in [-0.2, 0) is 15.3 Å². The number of nitrogens with zero attached hydrogens (tertiary/aromatic N) is 2. The molecule has 0 N–H and O–H groups in total. The van der Waals surface area contributed by atoms with E-state index in [0.29, 0.717) is 24.7 Å². The Morgan fingerprint density at radius 2 is 2.05 bits per heavy atom. The molecule has 0 atom stereocenters. The van der Waals surface area contributed by atoms with Crippen LogP contribution in [0.1, 0.15) is 5.56 Å². The van der Waals surface area contributed by atoms with Gasteiger partial charge in [0.15, 0.2) is 16.7 Å². The minimum absolute atomic E-state index is 0.281. The average molecular weight is 290 g/mol. The number of para-hydroxylation sites is 1. The van der Waals surface area contributed by atoms with Crippen LogP contribution in [0.25, 0.3) is 0 Å². The number of carbonyl (C=O) groups is 2. The minimum Gasteiger partial charge on any atom is -0.486 e. The molecular formula is C13H10N2O4S. The molecule has 7 heteroatoms. The number of thioether (sulfide) groups is 1. The van der Waals surface area contributed by atoms with Gasteiger partial charge in [0.25, 0.3) is 5.78 Å². The van der Waals surface area contributed by atoms with E-state index in [1.807, 2.05) is 18.2 Å². The summed E-state index contributed by atoms with van der Waals surface area (Å²) in [6.07, 6.45) is 0.998. The van der Waals surface area contributed by atoms with Crippen LogP contribution in [0.3, 0.4) is 0 Å². The van der Waals surface area contributed by atoms with Crippen LogP contribution in [0.5, 0.6) is 11.5 Å². The molecule has 0 radical (unpaired) electrons. The highest BCUT2D eigenvalue weighted by molar-refractivity contribution is 8.13. The van der Waals surface area contributed by atoms with Gasteiger partial charge < -0.3 is 9.47 Å². The molecule has 102 valence electrons. The number of amidine groups is 1. The molecule has 0 fully saturated rings. The molecule has 20 heavy (non-hydrogen) atoms. The van der Waals surface area contributed by atoms with Gasteiger partial charge in [0, 0.05) is 11.3 Å². The van der Waals surface area contributed by atoms with Crippen molar-refractivity contribution in [2.45, 2.75) is 5.75 Å². The van der Waals surface area contributed by atoms with Crippen molar-refractivity contribution in [3.05, 3.63) is 23.8 Å². The summed E-state index contributed by atoms with van der Waals surface area (Å²) in [5.41, 5.74) is 0.939. The average Bonchev–Trinajstić information content (AvgIpc) is 2.48. The SMILES string of the molecule is O=C1C=NC(SCc2cccc3c2OCCO3)=NC1=O. The topological polar surface area (TPSA) is 77.3 Å². The molecule has 3 rings (SSSR count). The standard InChI is InChI=1S/C13H10N2O4S/c16-9-6-14-13(15-12(9)17)20-7-8-2-1-3-10-11(8)19-5-4-18-10/h1-3,6H,4-5,7H2. The monoisotopic (exact) mass is 290 g/mol. The first kappa shape index (κ1) is 12.9. The molecule has 0 saturated heterocycles. The third-order valence-electron chi connectivity index (χ3n) is 2.70. The van der Waals surface area contributed by atoms with Crippen molar-refractivity contribution >= 4 is 34.8 Å². The summed E-state index contributed by atoms with van der Waals surface area (Å²) in [5.74, 6) is 0.494. The van der Waals surface area contributed by atoms with E-state index in [9.17, 15) is 9.59 Å². The molecule has 0 aliphatic carbocycles. The second kappa shape index (κ2) is 5.46. The van der Waals surface area contributed by atoms with Gasteiger partial charge in [-0.1, -0.05) is 23.9 Å². The molecule has 0 saturated carbocycles. The third kappa shape index (κ3) is 2.57. The highest BCUT2D eigenvalue weighted by atomic mass is 32.2. The number of rotatable bonds is 2. The molecular weight excluding hydrogens is 280 g/mol. The Hall–Kier alpha value is -2.15. The van der Waals surface area contributed by atoms with E-state index in [2.05, 4.69) is 9.98 Å². The number of carbonyl (C=O) groups excluding carboxylic acids is 2. The zero-order chi connectivity index (χ0) is 13.9. The van der Waals surface area contributed by atoms with Gasteiger partial charge in [-0.15, -0.1) is 0 Å². The summed E-state index contributed by atoms with van der Waals surface area (Å²) in [6.45, 7) is 1.05. The van der Waals surface area contributed by atoms with Crippen molar-refractivity contribution in [1.82, 2.24) is 0 Å². The first-order chi connectivity index (χ1) is 9.74. The predicted octanol–water partition coefficient (Wildman–Crippen LogP) is 1.23. The van der Waals surface area contributed by atoms with Crippen molar-refractivity contribution in [2.75, 3.05) is 13.2 Å². The van der Waals surface area contributed by atoms with Crippen molar-refractivity contribution in [2.24, 2.45) is 9.98 Å². The second-order valence-electron chi connectivity index (χ2n) is 4.05. The Balaban J connectivity index is 1.73. The number of aliphatic imine (C=N–C) groups is 2. The van der Waals surface area contributed by atoms with Crippen molar-refractivity contribution < 1.29 is 19.1 Å². The maximum absolute atomic E-state index is 11.2. The first-order valence-electron chi connectivity index (χ1n) is 5.95. The van der Waals surface area contributed by atoms with Gasteiger partial charge in [0.1, 0.15) is 13.2 Å². The maximum atomic E-state index is 11.2. The molecule has 1 aromatic rings. The largest absolute Gasteiger partial charge is 0.486 e. The molecule has 0 aromatic heterocycles. The summed E-state index contributed by atoms with van der Waals surface area (Å²) >= 11 is 1.27. The van der Waals surface area contributed by atoms with Gasteiger partial charge in [-0.2, -0.15) is 4.99 Å². The fourth-order valence-corrected chi connectivity index (χ4v) is 2.59. The number of amides is 1.